The van der Waals surface area contributed by atoms with Gasteiger partial charge in [-0.3, -0.25) is 14.4 Å². The van der Waals surface area contributed by atoms with Crippen molar-refractivity contribution in [1.29, 1.82) is 0 Å². The fourth-order valence-electron chi connectivity index (χ4n) is 8.75. The SMILES string of the molecule is CCCCCCCCC=CCCCCCCCCC1(C(=O)NC2CCCCC2C(CC(=O)O)NC(=O)C2OC(C)(C)OCC2(C)C)CCCCC1. The van der Waals surface area contributed by atoms with Crippen LogP contribution in [0, 0.1) is 16.7 Å². The lowest BCUT2D eigenvalue weighted by Gasteiger charge is -2.46. The Morgan fingerprint density at radius 3 is 2.00 bits per heavy atom. The first-order chi connectivity index (χ1) is 24.4. The molecular formula is C43H76N2O6. The number of allylic oxidation sites excluding steroid dienone is 2. The molecule has 0 bridgehead atoms. The number of amides is 2. The lowest BCUT2D eigenvalue weighted by atomic mass is 9.69. The van der Waals surface area contributed by atoms with Gasteiger partial charge in [0.05, 0.1) is 13.0 Å². The molecule has 8 heteroatoms. The van der Waals surface area contributed by atoms with Gasteiger partial charge in [0.1, 0.15) is 6.10 Å². The van der Waals surface area contributed by atoms with Crippen LogP contribution >= 0.6 is 0 Å². The van der Waals surface area contributed by atoms with Gasteiger partial charge in [-0.1, -0.05) is 129 Å². The monoisotopic (exact) mass is 717 g/mol. The molecule has 2 aliphatic carbocycles. The van der Waals surface area contributed by atoms with Crippen LogP contribution in [0.15, 0.2) is 12.2 Å². The van der Waals surface area contributed by atoms with Gasteiger partial charge in [0.25, 0.3) is 0 Å². The highest BCUT2D eigenvalue weighted by atomic mass is 16.7. The fraction of sp³-hybridized carbons (Fsp3) is 0.884. The lowest BCUT2D eigenvalue weighted by molar-refractivity contribution is -0.304. The van der Waals surface area contributed by atoms with Crippen LogP contribution in [-0.4, -0.2) is 53.5 Å². The maximum atomic E-state index is 14.2. The molecule has 3 fully saturated rings. The van der Waals surface area contributed by atoms with Crippen LogP contribution in [-0.2, 0) is 23.9 Å². The van der Waals surface area contributed by atoms with Crippen LogP contribution in [0.25, 0.3) is 0 Å². The number of aliphatic carboxylic acids is 1. The van der Waals surface area contributed by atoms with E-state index in [1.54, 1.807) is 13.8 Å². The summed E-state index contributed by atoms with van der Waals surface area (Å²) in [5.74, 6) is -2.15. The molecule has 4 unspecified atom stereocenters. The predicted molar refractivity (Wildman–Crippen MR) is 206 cm³/mol. The molecule has 3 rings (SSSR count). The maximum Gasteiger partial charge on any atom is 0.305 e. The molecule has 4 atom stereocenters. The Balaban J connectivity index is 1.49. The molecule has 1 saturated heterocycles. The van der Waals surface area contributed by atoms with Gasteiger partial charge in [0.2, 0.25) is 11.8 Å². The number of rotatable bonds is 23. The minimum atomic E-state index is -0.952. The second kappa shape index (κ2) is 22.3. The number of ether oxygens (including phenoxy) is 2. The van der Waals surface area contributed by atoms with Crippen LogP contribution < -0.4 is 10.6 Å². The van der Waals surface area contributed by atoms with Crippen LogP contribution in [0.1, 0.15) is 195 Å². The van der Waals surface area contributed by atoms with Crippen LogP contribution in [0.4, 0.5) is 0 Å². The van der Waals surface area contributed by atoms with Gasteiger partial charge in [0, 0.05) is 22.9 Å². The maximum absolute atomic E-state index is 14.2. The minimum absolute atomic E-state index is 0.148. The Morgan fingerprint density at radius 1 is 0.784 bits per heavy atom. The summed E-state index contributed by atoms with van der Waals surface area (Å²) < 4.78 is 11.9. The number of nitrogens with one attached hydrogen (secondary N) is 2. The van der Waals surface area contributed by atoms with E-state index in [2.05, 4.69) is 29.7 Å². The molecule has 3 N–H and O–H groups in total. The molecule has 0 aromatic carbocycles. The number of carboxylic acid groups (broad SMARTS) is 1. The molecular weight excluding hydrogens is 640 g/mol. The van der Waals surface area contributed by atoms with E-state index < -0.39 is 29.3 Å². The number of carbonyl (C=O) groups is 3. The van der Waals surface area contributed by atoms with Gasteiger partial charge in [-0.05, 0) is 77.6 Å². The van der Waals surface area contributed by atoms with E-state index in [0.29, 0.717) is 6.61 Å². The number of carboxylic acids is 1. The summed E-state index contributed by atoms with van der Waals surface area (Å²) in [6.45, 7) is 10.1. The van der Waals surface area contributed by atoms with Crippen LogP contribution in [0.3, 0.4) is 0 Å². The van der Waals surface area contributed by atoms with Gasteiger partial charge >= 0.3 is 5.97 Å². The van der Waals surface area contributed by atoms with E-state index >= 15 is 0 Å². The second-order valence-electron chi connectivity index (χ2n) is 17.4. The average Bonchev–Trinajstić information content (AvgIpc) is 3.09. The van der Waals surface area contributed by atoms with Crippen molar-refractivity contribution in [2.75, 3.05) is 6.61 Å². The molecule has 2 amide bonds. The smallest absolute Gasteiger partial charge is 0.305 e. The Morgan fingerprint density at radius 2 is 1.37 bits per heavy atom. The lowest BCUT2D eigenvalue weighted by Crippen LogP contribution is -2.60. The van der Waals surface area contributed by atoms with Crippen molar-refractivity contribution in [1.82, 2.24) is 10.6 Å². The normalized spacial score (nSPS) is 24.9. The van der Waals surface area contributed by atoms with Crippen molar-refractivity contribution in [2.45, 2.75) is 219 Å². The summed E-state index contributed by atoms with van der Waals surface area (Å²) in [6, 6.07) is -0.751. The summed E-state index contributed by atoms with van der Waals surface area (Å²) in [7, 11) is 0. The fourth-order valence-corrected chi connectivity index (χ4v) is 8.75. The Hall–Kier alpha value is -1.93. The van der Waals surface area contributed by atoms with Crippen molar-refractivity contribution >= 4 is 17.8 Å². The number of hydrogen-bond acceptors (Lipinski definition) is 5. The number of carbonyl (C=O) groups excluding carboxylic acids is 2. The number of unbranched alkanes of at least 4 members (excludes halogenated alkanes) is 12. The first-order valence-corrected chi connectivity index (χ1v) is 21.2. The molecule has 1 aliphatic heterocycles. The highest BCUT2D eigenvalue weighted by Gasteiger charge is 2.47. The summed E-state index contributed by atoms with van der Waals surface area (Å²) >= 11 is 0. The summed E-state index contributed by atoms with van der Waals surface area (Å²) in [5.41, 5.74) is -0.900. The first kappa shape index (κ1) is 43.5. The standard InChI is InChI=1S/C43H76N2O6/c1-6-7-8-9-10-11-12-13-14-15-16-17-18-19-20-24-29-43(30-25-21-26-31-43)40(49)45-35-28-23-22-27-34(35)36(32-37(46)47)44-39(48)38-41(2,3)33-50-42(4,5)51-38/h13-14,34-36,38H,6-12,15-33H2,1-5H3,(H,44,48)(H,45,49)(H,46,47). The van der Waals surface area contributed by atoms with Crippen LogP contribution in [0.5, 0.6) is 0 Å². The van der Waals surface area contributed by atoms with Crippen molar-refractivity contribution < 1.29 is 29.0 Å². The molecule has 51 heavy (non-hydrogen) atoms. The third-order valence-electron chi connectivity index (χ3n) is 12.0. The molecule has 0 spiro atoms. The van der Waals surface area contributed by atoms with Crippen molar-refractivity contribution in [2.24, 2.45) is 16.7 Å². The van der Waals surface area contributed by atoms with Crippen molar-refractivity contribution in [3.8, 4) is 0 Å². The molecule has 8 nitrogen and oxygen atoms in total. The van der Waals surface area contributed by atoms with E-state index in [9.17, 15) is 19.5 Å². The highest BCUT2D eigenvalue weighted by molar-refractivity contribution is 5.84. The van der Waals surface area contributed by atoms with E-state index in [1.807, 2.05) is 13.8 Å². The molecule has 294 valence electrons. The van der Waals surface area contributed by atoms with Crippen molar-refractivity contribution in [3.05, 3.63) is 12.2 Å². The second-order valence-corrected chi connectivity index (χ2v) is 17.4. The van der Waals surface area contributed by atoms with Gasteiger partial charge in [0.15, 0.2) is 5.79 Å². The Kier molecular flexibility index (Phi) is 19.0. The largest absolute Gasteiger partial charge is 0.481 e. The third kappa shape index (κ3) is 15.1. The highest BCUT2D eigenvalue weighted by Crippen LogP contribution is 2.42. The third-order valence-corrected chi connectivity index (χ3v) is 12.0. The van der Waals surface area contributed by atoms with Gasteiger partial charge < -0.3 is 25.2 Å². The Labute approximate surface area is 311 Å². The van der Waals surface area contributed by atoms with Gasteiger partial charge in [-0.2, -0.15) is 0 Å². The van der Waals surface area contributed by atoms with E-state index in [1.165, 1.54) is 89.9 Å². The Bertz CT molecular complexity index is 1060. The minimum Gasteiger partial charge on any atom is -0.481 e. The van der Waals surface area contributed by atoms with E-state index in [0.717, 1.165) is 64.2 Å². The zero-order valence-corrected chi connectivity index (χ0v) is 33.3. The van der Waals surface area contributed by atoms with E-state index in [-0.39, 0.29) is 35.6 Å². The van der Waals surface area contributed by atoms with Crippen LogP contribution in [0.2, 0.25) is 0 Å². The molecule has 1 heterocycles. The van der Waals surface area contributed by atoms with Gasteiger partial charge in [-0.15, -0.1) is 0 Å². The quantitative estimate of drug-likeness (QED) is 0.0717. The summed E-state index contributed by atoms with van der Waals surface area (Å²) in [4.78, 5) is 40.1. The predicted octanol–water partition coefficient (Wildman–Crippen LogP) is 10.2. The molecule has 0 aromatic rings. The van der Waals surface area contributed by atoms with E-state index in [4.69, 9.17) is 9.47 Å². The molecule has 0 radical (unpaired) electrons. The van der Waals surface area contributed by atoms with Gasteiger partial charge in [-0.25, -0.2) is 0 Å². The molecule has 2 saturated carbocycles. The first-order valence-electron chi connectivity index (χ1n) is 21.2. The molecule has 0 aromatic heterocycles. The zero-order chi connectivity index (χ0) is 37.2. The topological polar surface area (TPSA) is 114 Å². The van der Waals surface area contributed by atoms with Crippen molar-refractivity contribution in [3.63, 3.8) is 0 Å². The number of hydrogen-bond donors (Lipinski definition) is 3. The summed E-state index contributed by atoms with van der Waals surface area (Å²) in [6.07, 6.45) is 31.3. The average molecular weight is 717 g/mol. The molecule has 3 aliphatic rings. The summed E-state index contributed by atoms with van der Waals surface area (Å²) in [5, 5.41) is 16.5. The zero-order valence-electron chi connectivity index (χ0n) is 33.3.